The van der Waals surface area contributed by atoms with Crippen molar-refractivity contribution >= 4 is 11.8 Å². The number of carbonyl (C=O) groups excluding carboxylic acids is 2. The average Bonchev–Trinajstić information content (AvgIpc) is 3.22. The predicted molar refractivity (Wildman–Crippen MR) is 114 cm³/mol. The van der Waals surface area contributed by atoms with E-state index < -0.39 is 0 Å². The van der Waals surface area contributed by atoms with Crippen LogP contribution in [0.25, 0.3) is 0 Å². The van der Waals surface area contributed by atoms with Gasteiger partial charge in [-0.05, 0) is 66.7 Å². The van der Waals surface area contributed by atoms with Gasteiger partial charge in [-0.25, -0.2) is 0 Å². The highest BCUT2D eigenvalue weighted by Crippen LogP contribution is 2.49. The molecule has 1 aliphatic heterocycles. The number of benzene rings is 1. The number of amides is 2. The molecule has 28 heavy (non-hydrogen) atoms. The Bertz CT molecular complexity index is 731. The molecule has 2 atom stereocenters. The number of fused-ring (bicyclic) bond motifs is 1. The van der Waals surface area contributed by atoms with Gasteiger partial charge >= 0.3 is 0 Å². The van der Waals surface area contributed by atoms with Crippen LogP contribution in [0.4, 0.5) is 0 Å². The summed E-state index contributed by atoms with van der Waals surface area (Å²) in [7, 11) is 0. The molecule has 3 heteroatoms. The molecule has 0 bridgehead atoms. The number of unbranched alkanes of at least 4 members (excludes halogenated alkanes) is 3. The van der Waals surface area contributed by atoms with Crippen LogP contribution in [0, 0.1) is 0 Å². The zero-order valence-electron chi connectivity index (χ0n) is 17.8. The van der Waals surface area contributed by atoms with Crippen molar-refractivity contribution < 1.29 is 9.59 Å². The van der Waals surface area contributed by atoms with E-state index in [0.29, 0.717) is 5.92 Å². The van der Waals surface area contributed by atoms with Gasteiger partial charge in [0, 0.05) is 12.2 Å². The Balaban J connectivity index is 2.03. The number of hydrogen-bond acceptors (Lipinski definition) is 2. The molecule has 0 saturated heterocycles. The number of aryl methyl sites for hydroxylation is 2. The van der Waals surface area contributed by atoms with E-state index in [1.54, 1.807) is 0 Å². The topological polar surface area (TPSA) is 37.4 Å². The monoisotopic (exact) mass is 381 g/mol. The van der Waals surface area contributed by atoms with E-state index in [1.807, 2.05) is 0 Å². The fraction of sp³-hybridized carbons (Fsp3) is 0.600. The van der Waals surface area contributed by atoms with Crippen LogP contribution in [0.3, 0.4) is 0 Å². The molecule has 0 spiro atoms. The lowest BCUT2D eigenvalue weighted by Gasteiger charge is -2.25. The van der Waals surface area contributed by atoms with Crippen molar-refractivity contribution in [1.29, 1.82) is 0 Å². The lowest BCUT2D eigenvalue weighted by atomic mass is 9.89. The smallest absolute Gasteiger partial charge is 0.254 e. The highest BCUT2D eigenvalue weighted by Gasteiger charge is 2.41. The van der Waals surface area contributed by atoms with E-state index >= 15 is 0 Å². The number of imide groups is 1. The molecule has 0 radical (unpaired) electrons. The highest BCUT2D eigenvalue weighted by molar-refractivity contribution is 6.13. The lowest BCUT2D eigenvalue weighted by Crippen LogP contribution is -2.33. The van der Waals surface area contributed by atoms with Crippen LogP contribution in [0.2, 0.25) is 0 Å². The largest absolute Gasteiger partial charge is 0.269 e. The normalized spacial score (nSPS) is 21.0. The van der Waals surface area contributed by atoms with Gasteiger partial charge in [0.25, 0.3) is 11.8 Å². The SMILES string of the molecule is CCCCc1cc(CCCC)c2c(c1)[C@@H](CCCC)C[C@@H]2N1C(=O)C=CC1=O. The molecule has 3 nitrogen and oxygen atoms in total. The van der Waals surface area contributed by atoms with Gasteiger partial charge in [0.05, 0.1) is 6.04 Å². The molecule has 2 aliphatic rings. The van der Waals surface area contributed by atoms with E-state index in [0.717, 1.165) is 38.5 Å². The molecule has 3 rings (SSSR count). The first kappa shape index (κ1) is 20.8. The van der Waals surface area contributed by atoms with Crippen LogP contribution < -0.4 is 0 Å². The Morgan fingerprint density at radius 3 is 2.18 bits per heavy atom. The number of hydrogen-bond donors (Lipinski definition) is 0. The molecular weight excluding hydrogens is 346 g/mol. The first-order valence-electron chi connectivity index (χ1n) is 11.3. The van der Waals surface area contributed by atoms with Crippen molar-refractivity contribution in [3.8, 4) is 0 Å². The van der Waals surface area contributed by atoms with Crippen LogP contribution in [0.1, 0.15) is 106 Å². The maximum absolute atomic E-state index is 12.5. The van der Waals surface area contributed by atoms with Gasteiger partial charge in [0.15, 0.2) is 0 Å². The third-order valence-electron chi connectivity index (χ3n) is 6.32. The van der Waals surface area contributed by atoms with Crippen LogP contribution >= 0.6 is 0 Å². The molecule has 1 aliphatic carbocycles. The molecule has 1 heterocycles. The van der Waals surface area contributed by atoms with Gasteiger partial charge in [-0.3, -0.25) is 14.5 Å². The molecule has 0 unspecified atom stereocenters. The second-order valence-electron chi connectivity index (χ2n) is 8.44. The standard InChI is InChI=1S/C25H35NO2/c1-4-7-10-18-15-20(12-9-6-3)25-21(16-18)19(11-8-5-2)17-22(25)26-23(27)13-14-24(26)28/h13-16,19,22H,4-12,17H2,1-3H3/t19-,22-/m0/s1. The fourth-order valence-electron chi connectivity index (χ4n) is 4.84. The number of nitrogens with zero attached hydrogens (tertiary/aromatic N) is 1. The first-order chi connectivity index (χ1) is 13.6. The quantitative estimate of drug-likeness (QED) is 0.465. The molecule has 1 aromatic carbocycles. The van der Waals surface area contributed by atoms with Crippen molar-refractivity contribution in [1.82, 2.24) is 4.90 Å². The van der Waals surface area contributed by atoms with Gasteiger partial charge in [-0.1, -0.05) is 58.6 Å². The van der Waals surface area contributed by atoms with Crippen LogP contribution in [0.15, 0.2) is 24.3 Å². The fourth-order valence-corrected chi connectivity index (χ4v) is 4.84. The summed E-state index contributed by atoms with van der Waals surface area (Å²) in [6.45, 7) is 6.69. The summed E-state index contributed by atoms with van der Waals surface area (Å²) in [6, 6.07) is 4.69. The minimum absolute atomic E-state index is 0.0843. The molecule has 0 saturated carbocycles. The molecule has 0 fully saturated rings. The Morgan fingerprint density at radius 1 is 0.893 bits per heavy atom. The van der Waals surface area contributed by atoms with Crippen molar-refractivity contribution in [2.45, 2.75) is 96.9 Å². The zero-order chi connectivity index (χ0) is 20.1. The van der Waals surface area contributed by atoms with Gasteiger partial charge in [-0.2, -0.15) is 0 Å². The summed E-state index contributed by atoms with van der Waals surface area (Å²) in [5.74, 6) is 0.172. The van der Waals surface area contributed by atoms with E-state index in [9.17, 15) is 9.59 Å². The molecule has 1 aromatic rings. The van der Waals surface area contributed by atoms with Crippen molar-refractivity contribution in [2.75, 3.05) is 0 Å². The van der Waals surface area contributed by atoms with E-state index in [2.05, 4.69) is 32.9 Å². The van der Waals surface area contributed by atoms with Gasteiger partial charge < -0.3 is 0 Å². The van der Waals surface area contributed by atoms with E-state index in [4.69, 9.17) is 0 Å². The Labute approximate surface area is 170 Å². The second kappa shape index (κ2) is 9.54. The summed E-state index contributed by atoms with van der Waals surface area (Å²) in [6.07, 6.45) is 14.2. The summed E-state index contributed by atoms with van der Waals surface area (Å²) >= 11 is 0. The third-order valence-corrected chi connectivity index (χ3v) is 6.32. The minimum Gasteiger partial charge on any atom is -0.269 e. The molecule has 152 valence electrons. The minimum atomic E-state index is -0.145. The maximum Gasteiger partial charge on any atom is 0.254 e. The summed E-state index contributed by atoms with van der Waals surface area (Å²) < 4.78 is 0. The molecular formula is C25H35NO2. The maximum atomic E-state index is 12.5. The Morgan fingerprint density at radius 2 is 1.54 bits per heavy atom. The van der Waals surface area contributed by atoms with Crippen molar-refractivity contribution in [2.24, 2.45) is 0 Å². The van der Waals surface area contributed by atoms with Crippen LogP contribution in [0.5, 0.6) is 0 Å². The van der Waals surface area contributed by atoms with E-state index in [1.165, 1.54) is 65.0 Å². The average molecular weight is 382 g/mol. The van der Waals surface area contributed by atoms with Gasteiger partial charge in [0.1, 0.15) is 0 Å². The Kier molecular flexibility index (Phi) is 7.09. The van der Waals surface area contributed by atoms with E-state index in [-0.39, 0.29) is 17.9 Å². The van der Waals surface area contributed by atoms with Crippen LogP contribution in [-0.2, 0) is 22.4 Å². The van der Waals surface area contributed by atoms with Gasteiger partial charge in [0.2, 0.25) is 0 Å². The summed E-state index contributed by atoms with van der Waals surface area (Å²) in [5, 5.41) is 0. The predicted octanol–water partition coefficient (Wildman–Crippen LogP) is 6.02. The summed E-state index contributed by atoms with van der Waals surface area (Å²) in [4.78, 5) is 26.4. The third kappa shape index (κ3) is 4.24. The second-order valence-corrected chi connectivity index (χ2v) is 8.44. The molecule has 2 amide bonds. The number of carbonyl (C=O) groups is 2. The first-order valence-corrected chi connectivity index (χ1v) is 11.3. The highest BCUT2D eigenvalue weighted by atomic mass is 16.2. The van der Waals surface area contributed by atoms with Crippen LogP contribution in [-0.4, -0.2) is 16.7 Å². The van der Waals surface area contributed by atoms with Crippen molar-refractivity contribution in [3.05, 3.63) is 46.5 Å². The van der Waals surface area contributed by atoms with Crippen molar-refractivity contribution in [3.63, 3.8) is 0 Å². The lowest BCUT2D eigenvalue weighted by molar-refractivity contribution is -0.139. The number of rotatable bonds is 10. The summed E-state index contributed by atoms with van der Waals surface area (Å²) in [5.41, 5.74) is 5.53. The zero-order valence-corrected chi connectivity index (χ0v) is 17.8. The molecule has 0 N–H and O–H groups in total. The Hall–Kier alpha value is -1.90. The van der Waals surface area contributed by atoms with Gasteiger partial charge in [-0.15, -0.1) is 0 Å². The molecule has 0 aromatic heterocycles.